The first-order valence-electron chi connectivity index (χ1n) is 8.35. The van der Waals surface area contributed by atoms with Crippen LogP contribution >= 0.6 is 0 Å². The Hall–Kier alpha value is -2.10. The van der Waals surface area contributed by atoms with Crippen molar-refractivity contribution in [2.75, 3.05) is 19.8 Å². The fourth-order valence-corrected chi connectivity index (χ4v) is 3.29. The first-order chi connectivity index (χ1) is 11.6. The van der Waals surface area contributed by atoms with Gasteiger partial charge in [0, 0.05) is 18.4 Å². The molecule has 1 saturated carbocycles. The highest BCUT2D eigenvalue weighted by Crippen LogP contribution is 2.40. The monoisotopic (exact) mass is 330 g/mol. The van der Waals surface area contributed by atoms with Crippen LogP contribution in [0.15, 0.2) is 24.3 Å². The summed E-state index contributed by atoms with van der Waals surface area (Å²) in [6.07, 6.45) is 2.25. The van der Waals surface area contributed by atoms with Gasteiger partial charge in [0.25, 0.3) is 5.91 Å². The Morgan fingerprint density at radius 1 is 1.29 bits per heavy atom. The molecule has 0 radical (unpaired) electrons. The maximum Gasteiger partial charge on any atom is 0.252 e. The quantitative estimate of drug-likeness (QED) is 0.917. The number of carbonyl (C=O) groups excluding carboxylic acids is 1. The molecule has 1 aliphatic heterocycles. The lowest BCUT2D eigenvalue weighted by Gasteiger charge is -2.40. The number of hydrogen-bond donors (Lipinski definition) is 1. The SMILES string of the molecule is CCOc1cccc(C(=O)NC2(C#N)CCC3(CC2)OCCO3)c1. The molecule has 1 spiro atoms. The Balaban J connectivity index is 1.68. The number of benzene rings is 1. The third kappa shape index (κ3) is 3.37. The first kappa shape index (κ1) is 16.7. The van der Waals surface area contributed by atoms with E-state index in [9.17, 15) is 10.1 Å². The van der Waals surface area contributed by atoms with Crippen molar-refractivity contribution in [1.29, 1.82) is 5.26 Å². The lowest BCUT2D eigenvalue weighted by atomic mass is 9.79. The molecule has 1 amide bonds. The zero-order valence-corrected chi connectivity index (χ0v) is 13.8. The summed E-state index contributed by atoms with van der Waals surface area (Å²) < 4.78 is 16.8. The van der Waals surface area contributed by atoms with E-state index in [1.165, 1.54) is 0 Å². The van der Waals surface area contributed by atoms with Crippen molar-refractivity contribution in [2.24, 2.45) is 0 Å². The molecule has 0 atom stereocenters. The van der Waals surface area contributed by atoms with Crippen LogP contribution in [0.2, 0.25) is 0 Å². The second kappa shape index (κ2) is 6.80. The standard InChI is InChI=1S/C18H22N2O4/c1-2-22-15-5-3-4-14(12-15)16(21)20-17(13-19)6-8-18(9-7-17)23-10-11-24-18/h3-5,12H,2,6-11H2,1H3,(H,20,21). The van der Waals surface area contributed by atoms with Crippen LogP contribution < -0.4 is 10.1 Å². The van der Waals surface area contributed by atoms with Gasteiger partial charge in [-0.05, 0) is 38.0 Å². The number of rotatable bonds is 4. The molecule has 6 heteroatoms. The molecule has 1 aliphatic carbocycles. The molecule has 1 heterocycles. The Labute approximate surface area is 141 Å². The number of amides is 1. The minimum Gasteiger partial charge on any atom is -0.494 e. The van der Waals surface area contributed by atoms with Gasteiger partial charge in [-0.3, -0.25) is 4.79 Å². The smallest absolute Gasteiger partial charge is 0.252 e. The molecule has 1 aromatic rings. The van der Waals surface area contributed by atoms with Crippen molar-refractivity contribution in [3.63, 3.8) is 0 Å². The minimum atomic E-state index is -0.876. The Morgan fingerprint density at radius 2 is 2.00 bits per heavy atom. The molecule has 2 aliphatic rings. The molecule has 3 rings (SSSR count). The number of hydrogen-bond acceptors (Lipinski definition) is 5. The van der Waals surface area contributed by atoms with E-state index in [1.54, 1.807) is 24.3 Å². The molecule has 1 saturated heterocycles. The number of carbonyl (C=O) groups is 1. The zero-order chi connectivity index (χ0) is 17.0. The van der Waals surface area contributed by atoms with E-state index in [-0.39, 0.29) is 5.91 Å². The van der Waals surface area contributed by atoms with E-state index in [0.717, 1.165) is 0 Å². The van der Waals surface area contributed by atoms with Crippen molar-refractivity contribution in [3.8, 4) is 11.8 Å². The van der Waals surface area contributed by atoms with Crippen LogP contribution in [0.5, 0.6) is 5.75 Å². The number of nitriles is 1. The summed E-state index contributed by atoms with van der Waals surface area (Å²) in [4.78, 5) is 12.6. The molecule has 1 N–H and O–H groups in total. The van der Waals surface area contributed by atoms with Gasteiger partial charge in [-0.25, -0.2) is 0 Å². The molecule has 1 aromatic carbocycles. The summed E-state index contributed by atoms with van der Waals surface area (Å²) in [5.74, 6) is -0.172. The normalized spacial score (nSPS) is 21.2. The minimum absolute atomic E-state index is 0.262. The lowest BCUT2D eigenvalue weighted by molar-refractivity contribution is -0.182. The summed E-state index contributed by atoms with van der Waals surface area (Å²) in [5, 5.41) is 12.5. The van der Waals surface area contributed by atoms with Crippen LogP contribution in [0.25, 0.3) is 0 Å². The van der Waals surface area contributed by atoms with Gasteiger partial charge < -0.3 is 19.5 Å². The predicted octanol–water partition coefficient (Wildman–Crippen LogP) is 2.39. The Kier molecular flexibility index (Phi) is 4.74. The van der Waals surface area contributed by atoms with E-state index in [1.807, 2.05) is 6.92 Å². The third-order valence-corrected chi connectivity index (χ3v) is 4.65. The molecule has 0 aromatic heterocycles. The van der Waals surface area contributed by atoms with Crippen LogP contribution in [-0.2, 0) is 9.47 Å². The topological polar surface area (TPSA) is 80.6 Å². The van der Waals surface area contributed by atoms with Gasteiger partial charge in [0.15, 0.2) is 5.79 Å². The Bertz CT molecular complexity index is 637. The summed E-state index contributed by atoms with van der Waals surface area (Å²) in [6, 6.07) is 9.28. The van der Waals surface area contributed by atoms with Crippen molar-refractivity contribution in [1.82, 2.24) is 5.32 Å². The highest BCUT2D eigenvalue weighted by atomic mass is 16.7. The molecule has 24 heavy (non-hydrogen) atoms. The molecule has 0 bridgehead atoms. The van der Waals surface area contributed by atoms with E-state index in [4.69, 9.17) is 14.2 Å². The highest BCUT2D eigenvalue weighted by Gasteiger charge is 2.47. The van der Waals surface area contributed by atoms with E-state index < -0.39 is 11.3 Å². The first-order valence-corrected chi connectivity index (χ1v) is 8.35. The van der Waals surface area contributed by atoms with E-state index in [0.29, 0.717) is 56.8 Å². The van der Waals surface area contributed by atoms with Gasteiger partial charge >= 0.3 is 0 Å². The van der Waals surface area contributed by atoms with Gasteiger partial charge in [0.1, 0.15) is 11.3 Å². The maximum atomic E-state index is 12.6. The average molecular weight is 330 g/mol. The van der Waals surface area contributed by atoms with Crippen molar-refractivity contribution >= 4 is 5.91 Å². The fraction of sp³-hybridized carbons (Fsp3) is 0.556. The van der Waals surface area contributed by atoms with Gasteiger partial charge in [0.05, 0.1) is 25.9 Å². The third-order valence-electron chi connectivity index (χ3n) is 4.65. The van der Waals surface area contributed by atoms with Crippen LogP contribution in [0.1, 0.15) is 43.0 Å². The second-order valence-corrected chi connectivity index (χ2v) is 6.22. The highest BCUT2D eigenvalue weighted by molar-refractivity contribution is 5.95. The molecule has 128 valence electrons. The van der Waals surface area contributed by atoms with Crippen LogP contribution in [-0.4, -0.2) is 37.1 Å². The van der Waals surface area contributed by atoms with Gasteiger partial charge in [-0.1, -0.05) is 6.07 Å². The van der Waals surface area contributed by atoms with Crippen molar-refractivity contribution in [3.05, 3.63) is 29.8 Å². The molecule has 6 nitrogen and oxygen atoms in total. The molecular formula is C18H22N2O4. The number of nitrogens with zero attached hydrogens (tertiary/aromatic N) is 1. The summed E-state index contributed by atoms with van der Waals surface area (Å²) in [7, 11) is 0. The zero-order valence-electron chi connectivity index (χ0n) is 13.8. The maximum absolute atomic E-state index is 12.6. The number of nitrogens with one attached hydrogen (secondary N) is 1. The molecular weight excluding hydrogens is 308 g/mol. The van der Waals surface area contributed by atoms with E-state index in [2.05, 4.69) is 11.4 Å². The van der Waals surface area contributed by atoms with Crippen LogP contribution in [0, 0.1) is 11.3 Å². The second-order valence-electron chi connectivity index (χ2n) is 6.22. The van der Waals surface area contributed by atoms with Gasteiger partial charge in [-0.2, -0.15) is 5.26 Å². The van der Waals surface area contributed by atoms with Crippen LogP contribution in [0.4, 0.5) is 0 Å². The predicted molar refractivity (Wildman–Crippen MR) is 86.5 cm³/mol. The molecule has 2 fully saturated rings. The fourth-order valence-electron chi connectivity index (χ4n) is 3.29. The van der Waals surface area contributed by atoms with Crippen molar-refractivity contribution < 1.29 is 19.0 Å². The summed E-state index contributed by atoms with van der Waals surface area (Å²) in [5.41, 5.74) is -0.386. The van der Waals surface area contributed by atoms with Crippen LogP contribution in [0.3, 0.4) is 0 Å². The lowest BCUT2D eigenvalue weighted by Crippen LogP contribution is -2.53. The molecule has 0 unspecified atom stereocenters. The largest absolute Gasteiger partial charge is 0.494 e. The van der Waals surface area contributed by atoms with E-state index >= 15 is 0 Å². The Morgan fingerprint density at radius 3 is 2.62 bits per heavy atom. The number of ether oxygens (including phenoxy) is 3. The van der Waals surface area contributed by atoms with Gasteiger partial charge in [-0.15, -0.1) is 0 Å². The average Bonchev–Trinajstić information content (AvgIpc) is 3.06. The summed E-state index contributed by atoms with van der Waals surface area (Å²) in [6.45, 7) is 3.62. The summed E-state index contributed by atoms with van der Waals surface area (Å²) >= 11 is 0. The van der Waals surface area contributed by atoms with Gasteiger partial charge in [0.2, 0.25) is 0 Å². The van der Waals surface area contributed by atoms with Crippen molar-refractivity contribution in [2.45, 2.75) is 43.9 Å².